The Kier molecular flexibility index (Phi) is 6.33. The molecule has 36 heavy (non-hydrogen) atoms. The monoisotopic (exact) mass is 482 g/mol. The minimum atomic E-state index is -0.313. The molecule has 3 N–H and O–H groups in total. The average molecular weight is 483 g/mol. The second kappa shape index (κ2) is 9.73. The molecular formula is C28H30N6O2. The minimum Gasteiger partial charge on any atom is -0.482 e. The number of rotatable bonds is 8. The van der Waals surface area contributed by atoms with E-state index in [0.717, 1.165) is 22.4 Å². The maximum absolute atomic E-state index is 12.8. The van der Waals surface area contributed by atoms with Crippen molar-refractivity contribution in [3.05, 3.63) is 84.3 Å². The number of aromatic nitrogens is 3. The van der Waals surface area contributed by atoms with Crippen molar-refractivity contribution in [3.63, 3.8) is 0 Å². The Hall–Kier alpha value is -4.33. The fourth-order valence-corrected chi connectivity index (χ4v) is 3.99. The highest BCUT2D eigenvalue weighted by Gasteiger charge is 2.24. The van der Waals surface area contributed by atoms with Crippen molar-refractivity contribution in [2.75, 3.05) is 30.0 Å². The van der Waals surface area contributed by atoms with Crippen LogP contribution in [0.25, 0.3) is 11.1 Å². The molecule has 1 amide bonds. The fraction of sp³-hybridized carbons (Fsp3) is 0.250. The van der Waals surface area contributed by atoms with E-state index in [1.54, 1.807) is 12.3 Å². The van der Waals surface area contributed by atoms with Gasteiger partial charge in [0, 0.05) is 54.6 Å². The first kappa shape index (κ1) is 23.4. The number of nitrogens with two attached hydrogens (primary N) is 1. The summed E-state index contributed by atoms with van der Waals surface area (Å²) >= 11 is 0. The Morgan fingerprint density at radius 3 is 2.69 bits per heavy atom. The zero-order chi connectivity index (χ0) is 25.2. The fourth-order valence-electron chi connectivity index (χ4n) is 3.99. The second-order valence-electron chi connectivity index (χ2n) is 9.33. The van der Waals surface area contributed by atoms with Crippen LogP contribution in [0.15, 0.2) is 73.2 Å². The van der Waals surface area contributed by atoms with E-state index in [1.165, 1.54) is 12.8 Å². The van der Waals surface area contributed by atoms with E-state index in [4.69, 9.17) is 10.5 Å². The molecule has 0 radical (unpaired) electrons. The van der Waals surface area contributed by atoms with Crippen molar-refractivity contribution in [2.24, 2.45) is 0 Å². The molecule has 0 aliphatic heterocycles. The summed E-state index contributed by atoms with van der Waals surface area (Å²) in [7, 11) is 3.89. The lowest BCUT2D eigenvalue weighted by Gasteiger charge is -2.18. The third-order valence-electron chi connectivity index (χ3n) is 6.28. The Morgan fingerprint density at radius 2 is 1.92 bits per heavy atom. The van der Waals surface area contributed by atoms with E-state index in [1.807, 2.05) is 91.5 Å². The highest BCUT2D eigenvalue weighted by atomic mass is 16.5. The maximum Gasteiger partial charge on any atom is 0.255 e. The Bertz CT molecular complexity index is 1390. The number of ether oxygens (including phenoxy) is 1. The normalized spacial score (nSPS) is 13.8. The molecule has 1 aliphatic rings. The lowest BCUT2D eigenvalue weighted by molar-refractivity contribution is 0.102. The van der Waals surface area contributed by atoms with Gasteiger partial charge in [0.05, 0.1) is 12.2 Å². The summed E-state index contributed by atoms with van der Waals surface area (Å²) in [5, 5.41) is 7.45. The molecule has 2 aromatic carbocycles. The molecule has 0 bridgehead atoms. The van der Waals surface area contributed by atoms with Crippen LogP contribution in [0, 0.1) is 0 Å². The average Bonchev–Trinajstić information content (AvgIpc) is 3.62. The first-order valence-electron chi connectivity index (χ1n) is 12.0. The molecule has 1 fully saturated rings. The number of benzene rings is 2. The van der Waals surface area contributed by atoms with Crippen LogP contribution in [0.2, 0.25) is 0 Å². The number of nitrogen functional groups attached to an aromatic ring is 1. The van der Waals surface area contributed by atoms with Crippen LogP contribution in [0.3, 0.4) is 0 Å². The van der Waals surface area contributed by atoms with Gasteiger partial charge >= 0.3 is 0 Å². The first-order chi connectivity index (χ1) is 17.4. The van der Waals surface area contributed by atoms with Gasteiger partial charge in [0.25, 0.3) is 5.91 Å². The van der Waals surface area contributed by atoms with E-state index >= 15 is 0 Å². The molecule has 2 aromatic heterocycles. The third-order valence-corrected chi connectivity index (χ3v) is 6.28. The zero-order valence-corrected chi connectivity index (χ0v) is 20.7. The predicted molar refractivity (Wildman–Crippen MR) is 142 cm³/mol. The molecule has 4 aromatic rings. The maximum atomic E-state index is 12.8. The van der Waals surface area contributed by atoms with E-state index < -0.39 is 0 Å². The number of carbonyl (C=O) groups is 1. The zero-order valence-electron chi connectivity index (χ0n) is 20.7. The predicted octanol–water partition coefficient (Wildman–Crippen LogP) is 5.32. The summed E-state index contributed by atoms with van der Waals surface area (Å²) in [5.74, 6) is 0.664. The van der Waals surface area contributed by atoms with Crippen LogP contribution in [0.1, 0.15) is 47.8 Å². The van der Waals surface area contributed by atoms with Crippen LogP contribution < -0.4 is 20.7 Å². The quantitative estimate of drug-likeness (QED) is 0.353. The summed E-state index contributed by atoms with van der Waals surface area (Å²) in [6, 6.07) is 17.5. The largest absolute Gasteiger partial charge is 0.482 e. The van der Waals surface area contributed by atoms with Gasteiger partial charge in [-0.25, -0.2) is 4.98 Å². The summed E-state index contributed by atoms with van der Waals surface area (Å²) in [4.78, 5) is 19.1. The Balaban J connectivity index is 1.30. The SMILES string of the molecule is CC(Oc1cc(-c2cnn(C3CC3)c2)cnc1N)c1cccc(NC(=O)c2cccc(N(C)C)c2)c1. The topological polar surface area (TPSA) is 98.3 Å². The van der Waals surface area contributed by atoms with Crippen LogP contribution in [-0.4, -0.2) is 34.8 Å². The molecule has 0 saturated heterocycles. The molecule has 0 spiro atoms. The van der Waals surface area contributed by atoms with Gasteiger partial charge in [-0.05, 0) is 61.7 Å². The molecule has 1 unspecified atom stereocenters. The molecule has 2 heterocycles. The number of amides is 1. The van der Waals surface area contributed by atoms with Gasteiger partial charge < -0.3 is 20.7 Å². The van der Waals surface area contributed by atoms with E-state index in [9.17, 15) is 4.79 Å². The van der Waals surface area contributed by atoms with Crippen LogP contribution in [-0.2, 0) is 0 Å². The van der Waals surface area contributed by atoms with Crippen LogP contribution in [0.5, 0.6) is 5.75 Å². The number of pyridine rings is 1. The molecule has 8 heteroatoms. The van der Waals surface area contributed by atoms with Gasteiger partial charge in [-0.15, -0.1) is 0 Å². The smallest absolute Gasteiger partial charge is 0.255 e. The van der Waals surface area contributed by atoms with Crippen molar-refractivity contribution in [3.8, 4) is 16.9 Å². The second-order valence-corrected chi connectivity index (χ2v) is 9.33. The van der Waals surface area contributed by atoms with E-state index in [0.29, 0.717) is 28.9 Å². The van der Waals surface area contributed by atoms with Crippen molar-refractivity contribution in [1.29, 1.82) is 0 Å². The summed E-state index contributed by atoms with van der Waals surface area (Å²) in [6.45, 7) is 1.94. The van der Waals surface area contributed by atoms with E-state index in [2.05, 4.69) is 15.4 Å². The van der Waals surface area contributed by atoms with E-state index in [-0.39, 0.29) is 12.0 Å². The summed E-state index contributed by atoms with van der Waals surface area (Å²) < 4.78 is 8.22. The molecule has 184 valence electrons. The molecule has 1 atom stereocenters. The number of hydrogen-bond donors (Lipinski definition) is 2. The molecule has 8 nitrogen and oxygen atoms in total. The molecule has 5 rings (SSSR count). The minimum absolute atomic E-state index is 0.169. The highest BCUT2D eigenvalue weighted by molar-refractivity contribution is 6.04. The van der Waals surface area contributed by atoms with Gasteiger partial charge in [-0.2, -0.15) is 5.10 Å². The highest BCUT2D eigenvalue weighted by Crippen LogP contribution is 2.36. The summed E-state index contributed by atoms with van der Waals surface area (Å²) in [6.07, 6.45) is 7.66. The Morgan fingerprint density at radius 1 is 1.11 bits per heavy atom. The van der Waals surface area contributed by atoms with Crippen molar-refractivity contribution >= 4 is 23.1 Å². The Labute approximate surface area is 210 Å². The van der Waals surface area contributed by atoms with Gasteiger partial charge in [-0.3, -0.25) is 9.48 Å². The molecule has 1 aliphatic carbocycles. The number of nitrogens with one attached hydrogen (secondary N) is 1. The van der Waals surface area contributed by atoms with Gasteiger partial charge in [0.15, 0.2) is 11.6 Å². The lowest BCUT2D eigenvalue weighted by Crippen LogP contribution is -2.14. The van der Waals surface area contributed by atoms with Crippen LogP contribution in [0.4, 0.5) is 17.2 Å². The van der Waals surface area contributed by atoms with Crippen molar-refractivity contribution < 1.29 is 9.53 Å². The van der Waals surface area contributed by atoms with Gasteiger partial charge in [0.2, 0.25) is 0 Å². The third kappa shape index (κ3) is 5.17. The number of carbonyl (C=O) groups excluding carboxylic acids is 1. The standard InChI is InChI=1S/C28H30N6O2/c1-18(36-26-14-21(15-30-27(26)29)22-16-31-34(17-22)24-10-11-24)19-6-4-8-23(12-19)32-28(35)20-7-5-9-25(13-20)33(2)3/h4-9,12-18,24H,10-11H2,1-3H3,(H2,29,30)(H,32,35). The molecular weight excluding hydrogens is 452 g/mol. The first-order valence-corrected chi connectivity index (χ1v) is 12.0. The lowest BCUT2D eigenvalue weighted by atomic mass is 10.1. The van der Waals surface area contributed by atoms with Crippen molar-refractivity contribution in [2.45, 2.75) is 31.9 Å². The summed E-state index contributed by atoms with van der Waals surface area (Å²) in [5.41, 5.74) is 11.2. The number of nitrogens with zero attached hydrogens (tertiary/aromatic N) is 4. The number of hydrogen-bond acceptors (Lipinski definition) is 6. The van der Waals surface area contributed by atoms with Crippen LogP contribution >= 0.6 is 0 Å². The molecule has 1 saturated carbocycles. The number of anilines is 3. The van der Waals surface area contributed by atoms with Gasteiger partial charge in [-0.1, -0.05) is 18.2 Å². The van der Waals surface area contributed by atoms with Gasteiger partial charge in [0.1, 0.15) is 6.10 Å². The van der Waals surface area contributed by atoms with Crippen molar-refractivity contribution in [1.82, 2.24) is 14.8 Å².